The molecule has 0 spiro atoms. The number of hydrogen-bond acceptors (Lipinski definition) is 15. The Morgan fingerprint density at radius 1 is 0.698 bits per heavy atom. The fourth-order valence-electron chi connectivity index (χ4n) is 5.82. The third-order valence-electron chi connectivity index (χ3n) is 9.13. The van der Waals surface area contributed by atoms with Gasteiger partial charge in [0, 0.05) is 80.0 Å². The molecule has 0 aliphatic rings. The van der Waals surface area contributed by atoms with E-state index in [0.717, 1.165) is 55.2 Å². The van der Waals surface area contributed by atoms with Crippen LogP contribution < -0.4 is 50.6 Å². The molecule has 0 atom stereocenters. The molecule has 3 aromatic carbocycles. The number of nitrogen functional groups attached to an aromatic ring is 1. The van der Waals surface area contributed by atoms with Crippen molar-refractivity contribution in [2.24, 2.45) is 0 Å². The number of sulfonamides is 1. The lowest BCUT2D eigenvalue weighted by Gasteiger charge is -2.27. The van der Waals surface area contributed by atoms with Crippen molar-refractivity contribution in [3.63, 3.8) is 0 Å². The molecule has 0 fully saturated rings. The van der Waals surface area contributed by atoms with Gasteiger partial charge in [-0.05, 0) is 80.2 Å². The lowest BCUT2D eigenvalue weighted by atomic mass is 10.1. The number of methoxy groups -OCH3 is 2. The summed E-state index contributed by atoms with van der Waals surface area (Å²) in [5.41, 5.74) is 12.4. The molecule has 63 heavy (non-hydrogen) atoms. The normalized spacial score (nSPS) is 10.8. The van der Waals surface area contributed by atoms with Crippen LogP contribution in [0, 0.1) is 0 Å². The van der Waals surface area contributed by atoms with Gasteiger partial charge in [0.15, 0.2) is 5.82 Å². The molecular formula is C44H75BClN12O4S. The van der Waals surface area contributed by atoms with Gasteiger partial charge in [-0.1, -0.05) is 38.6 Å². The molecule has 16 nitrogen and oxygen atoms in total. The molecule has 0 aliphatic heterocycles. The lowest BCUT2D eigenvalue weighted by Crippen LogP contribution is -2.29. The summed E-state index contributed by atoms with van der Waals surface area (Å²) in [6, 6.07) is 15.4. The zero-order valence-corrected chi connectivity index (χ0v) is 40.0. The Kier molecular flexibility index (Phi) is 24.4. The Bertz CT molecular complexity index is 2110. The summed E-state index contributed by atoms with van der Waals surface area (Å²) in [4.78, 5) is 17.6. The van der Waals surface area contributed by atoms with E-state index in [1.807, 2.05) is 38.4 Å². The summed E-state index contributed by atoms with van der Waals surface area (Å²) in [5, 5.41) is 13.6. The van der Waals surface area contributed by atoms with Crippen LogP contribution >= 0.6 is 11.6 Å². The van der Waals surface area contributed by atoms with Gasteiger partial charge < -0.3 is 56.1 Å². The highest BCUT2D eigenvalue weighted by Gasteiger charge is 2.19. The third kappa shape index (κ3) is 17.6. The molecule has 0 unspecified atom stereocenters. The first kappa shape index (κ1) is 58.0. The fraction of sp³-hybridized carbons (Fsp3) is 0.500. The minimum absolute atomic E-state index is 0. The molecule has 0 aliphatic carbocycles. The van der Waals surface area contributed by atoms with E-state index in [0.29, 0.717) is 46.1 Å². The molecule has 4 rings (SSSR count). The van der Waals surface area contributed by atoms with Gasteiger partial charge in [-0.3, -0.25) is 4.31 Å². The number of anilines is 10. The second-order valence-electron chi connectivity index (χ2n) is 15.6. The van der Waals surface area contributed by atoms with E-state index < -0.39 is 10.0 Å². The molecule has 0 amide bonds. The highest BCUT2D eigenvalue weighted by atomic mass is 35.5. The maximum Gasteiger partial charge on any atom is 0.232 e. The molecule has 19 heteroatoms. The van der Waals surface area contributed by atoms with Crippen LogP contribution in [-0.4, -0.2) is 145 Å². The number of nitrogens with one attached hydrogen (secondary N) is 4. The summed E-state index contributed by atoms with van der Waals surface area (Å²) in [7, 11) is 13.6. The first-order chi connectivity index (χ1) is 28.1. The molecule has 0 bridgehead atoms. The molecule has 1 heterocycles. The van der Waals surface area contributed by atoms with Gasteiger partial charge in [0.1, 0.15) is 16.5 Å². The second kappa shape index (κ2) is 26.6. The van der Waals surface area contributed by atoms with Crippen LogP contribution in [0.15, 0.2) is 54.7 Å². The van der Waals surface area contributed by atoms with E-state index in [1.54, 1.807) is 38.5 Å². The zero-order chi connectivity index (χ0) is 44.9. The minimum Gasteiger partial charge on any atom is -0.495 e. The SMILES string of the molecule is C.C.COc1cc(N(C)CCN(C)C)c(NC(C)C)cc1N.COc1cc(N(C)CCN(C)C)c(NC(C)C)cc1Nc1ncc(Cl)c(Nc2ccccc2N(C)S(C)(=O)=O)n1.[B]. The Morgan fingerprint density at radius 3 is 1.67 bits per heavy atom. The van der Waals surface area contributed by atoms with E-state index in [4.69, 9.17) is 26.8 Å². The van der Waals surface area contributed by atoms with E-state index in [2.05, 4.69) is 107 Å². The van der Waals surface area contributed by atoms with Crippen LogP contribution in [0.2, 0.25) is 5.02 Å². The van der Waals surface area contributed by atoms with Crippen molar-refractivity contribution in [1.82, 2.24) is 19.8 Å². The van der Waals surface area contributed by atoms with Crippen molar-refractivity contribution < 1.29 is 17.9 Å². The first-order valence-corrected chi connectivity index (χ1v) is 21.9. The minimum atomic E-state index is -3.48. The highest BCUT2D eigenvalue weighted by molar-refractivity contribution is 7.92. The van der Waals surface area contributed by atoms with E-state index in [-0.39, 0.29) is 40.3 Å². The second-order valence-corrected chi connectivity index (χ2v) is 18.0. The Labute approximate surface area is 386 Å². The average molecular weight is 914 g/mol. The Hall–Kier alpha value is -5.04. The number of ether oxygens (including phenoxy) is 2. The average Bonchev–Trinajstić information content (AvgIpc) is 3.17. The monoisotopic (exact) mass is 914 g/mol. The molecule has 3 radical (unpaired) electrons. The Morgan fingerprint density at radius 2 is 1.19 bits per heavy atom. The van der Waals surface area contributed by atoms with Gasteiger partial charge in [0.25, 0.3) is 0 Å². The largest absolute Gasteiger partial charge is 0.495 e. The molecule has 0 saturated heterocycles. The van der Waals surface area contributed by atoms with Crippen molar-refractivity contribution in [3.05, 3.63) is 59.8 Å². The van der Waals surface area contributed by atoms with Crippen LogP contribution in [0.5, 0.6) is 11.5 Å². The van der Waals surface area contributed by atoms with Gasteiger partial charge in [0.2, 0.25) is 16.0 Å². The number of hydrogen-bond donors (Lipinski definition) is 5. The number of benzene rings is 3. The van der Waals surface area contributed by atoms with Gasteiger partial charge in [-0.25, -0.2) is 13.4 Å². The summed E-state index contributed by atoms with van der Waals surface area (Å²) in [6.45, 7) is 12.1. The smallest absolute Gasteiger partial charge is 0.232 e. The predicted molar refractivity (Wildman–Crippen MR) is 274 cm³/mol. The van der Waals surface area contributed by atoms with Crippen LogP contribution in [0.3, 0.4) is 0 Å². The highest BCUT2D eigenvalue weighted by Crippen LogP contribution is 2.39. The molecule has 0 saturated carbocycles. The number of nitrogens with two attached hydrogens (primary N) is 1. The van der Waals surface area contributed by atoms with Gasteiger partial charge >= 0.3 is 0 Å². The van der Waals surface area contributed by atoms with Crippen molar-refractivity contribution in [2.75, 3.05) is 137 Å². The van der Waals surface area contributed by atoms with E-state index in [9.17, 15) is 8.42 Å². The number of halogens is 1. The van der Waals surface area contributed by atoms with Gasteiger partial charge in [0.05, 0.1) is 72.2 Å². The molecule has 1 aromatic heterocycles. The summed E-state index contributed by atoms with van der Waals surface area (Å²) in [6.07, 6.45) is 2.62. The van der Waals surface area contributed by atoms with Crippen LogP contribution in [0.4, 0.5) is 57.3 Å². The number of rotatable bonds is 20. The van der Waals surface area contributed by atoms with Gasteiger partial charge in [-0.15, -0.1) is 0 Å². The van der Waals surface area contributed by atoms with Crippen molar-refractivity contribution in [2.45, 2.75) is 54.6 Å². The standard InChI is InChI=1S/C27H39ClN8O3S.C15H28N4O.2CH4.B/c1-18(2)30-21-15-22(25(39-7)16-24(21)35(5)14-13-34(3)4)32-27-29-17-19(28)26(33-27)31-20-11-9-10-12-23(20)36(6)40(8,37)38;1-11(2)17-13-9-12(16)15(20-6)10-14(13)19(5)8-7-18(3)4;;;/h9-12,15-18,30H,13-14H2,1-8H3,(H2,29,31,32,33);9-11,17H,7-8,16H2,1-6H3;2*1H4;. The van der Waals surface area contributed by atoms with Crippen molar-refractivity contribution in [3.8, 4) is 11.5 Å². The van der Waals surface area contributed by atoms with E-state index in [1.165, 1.54) is 17.5 Å². The summed E-state index contributed by atoms with van der Waals surface area (Å²) >= 11 is 6.43. The number of para-hydroxylation sites is 2. The lowest BCUT2D eigenvalue weighted by molar-refractivity contribution is 0.413. The van der Waals surface area contributed by atoms with Crippen molar-refractivity contribution >= 4 is 87.3 Å². The molecular weight excluding hydrogens is 839 g/mol. The molecule has 351 valence electrons. The number of nitrogens with zero attached hydrogens (tertiary/aromatic N) is 7. The first-order valence-electron chi connectivity index (χ1n) is 19.7. The topological polar surface area (TPSA) is 169 Å². The summed E-state index contributed by atoms with van der Waals surface area (Å²) < 4.78 is 36.6. The zero-order valence-electron chi connectivity index (χ0n) is 38.4. The number of likely N-dealkylation sites (N-methyl/N-ethyl adjacent to an activating group) is 4. The van der Waals surface area contributed by atoms with Crippen molar-refractivity contribution in [1.29, 1.82) is 0 Å². The van der Waals surface area contributed by atoms with Crippen LogP contribution in [0.25, 0.3) is 0 Å². The molecule has 4 aromatic rings. The summed E-state index contributed by atoms with van der Waals surface area (Å²) in [5.74, 6) is 1.93. The predicted octanol–water partition coefficient (Wildman–Crippen LogP) is 7.83. The quantitative estimate of drug-likeness (QED) is 0.0430. The molecule has 6 N–H and O–H groups in total. The van der Waals surface area contributed by atoms with Gasteiger partial charge in [-0.2, -0.15) is 4.98 Å². The van der Waals surface area contributed by atoms with Crippen LogP contribution in [-0.2, 0) is 10.0 Å². The van der Waals surface area contributed by atoms with Crippen LogP contribution in [0.1, 0.15) is 42.5 Å². The fourth-order valence-corrected chi connectivity index (χ4v) is 6.47. The third-order valence-corrected chi connectivity index (χ3v) is 10.6. The van der Waals surface area contributed by atoms with E-state index >= 15 is 0 Å². The maximum absolute atomic E-state index is 12.2. The Balaban J connectivity index is 0.00000142. The maximum atomic E-state index is 12.2. The number of aromatic nitrogens is 2.